The highest BCUT2D eigenvalue weighted by atomic mass is 32.2. The molecule has 1 amide bonds. The van der Waals surface area contributed by atoms with Crippen LogP contribution in [-0.2, 0) is 21.4 Å². The number of sulfonamides is 1. The van der Waals surface area contributed by atoms with Crippen LogP contribution < -0.4 is 19.5 Å². The number of anilines is 1. The summed E-state index contributed by atoms with van der Waals surface area (Å²) in [6.07, 6.45) is 0. The molecule has 9 heteroatoms. The summed E-state index contributed by atoms with van der Waals surface area (Å²) in [6.45, 7) is 4.58. The molecule has 29 heavy (non-hydrogen) atoms. The molecular weight excluding hydrogens is 396 g/mol. The number of hydrogen-bond donors (Lipinski definition) is 1. The standard InChI is InChI=1S/C20H24N2O6S/c1-4-22(13-15-5-8-18-20(11-15)28-10-9-27-18)29(24,25)16-6-7-17(21-14(2)23)19(12-16)26-3/h5-8,11-12H,4,9-10,13H2,1-3H3,(H,21,23). The monoisotopic (exact) mass is 420 g/mol. The summed E-state index contributed by atoms with van der Waals surface area (Å²) in [5.41, 5.74) is 1.20. The van der Waals surface area contributed by atoms with Gasteiger partial charge in [0.2, 0.25) is 15.9 Å². The molecule has 0 aromatic heterocycles. The van der Waals surface area contributed by atoms with Gasteiger partial charge in [-0.05, 0) is 29.8 Å². The fourth-order valence-electron chi connectivity index (χ4n) is 3.03. The summed E-state index contributed by atoms with van der Waals surface area (Å²) in [6, 6.07) is 9.79. The zero-order chi connectivity index (χ0) is 21.0. The average Bonchev–Trinajstić information content (AvgIpc) is 2.71. The van der Waals surface area contributed by atoms with Gasteiger partial charge in [-0.2, -0.15) is 4.31 Å². The number of fused-ring (bicyclic) bond motifs is 1. The maximum atomic E-state index is 13.2. The molecule has 0 radical (unpaired) electrons. The molecule has 0 atom stereocenters. The number of carbonyl (C=O) groups excluding carboxylic acids is 1. The molecule has 1 aliphatic rings. The number of nitrogens with one attached hydrogen (secondary N) is 1. The minimum absolute atomic E-state index is 0.0860. The fourth-order valence-corrected chi connectivity index (χ4v) is 4.48. The van der Waals surface area contributed by atoms with Crippen LogP contribution in [0.2, 0.25) is 0 Å². The van der Waals surface area contributed by atoms with Crippen molar-refractivity contribution in [2.75, 3.05) is 32.2 Å². The highest BCUT2D eigenvalue weighted by Crippen LogP contribution is 2.33. The number of benzene rings is 2. The Bertz CT molecular complexity index is 1010. The normalized spacial score (nSPS) is 13.2. The van der Waals surface area contributed by atoms with Crippen LogP contribution in [0.4, 0.5) is 5.69 Å². The molecule has 0 unspecified atom stereocenters. The summed E-state index contributed by atoms with van der Waals surface area (Å²) in [5, 5.41) is 2.62. The molecule has 1 heterocycles. The minimum Gasteiger partial charge on any atom is -0.495 e. The van der Waals surface area contributed by atoms with Crippen LogP contribution in [0.3, 0.4) is 0 Å². The van der Waals surface area contributed by atoms with Gasteiger partial charge in [0.1, 0.15) is 19.0 Å². The number of rotatable bonds is 7. The molecule has 2 aromatic carbocycles. The lowest BCUT2D eigenvalue weighted by molar-refractivity contribution is -0.114. The lowest BCUT2D eigenvalue weighted by Crippen LogP contribution is -2.30. The summed E-state index contributed by atoms with van der Waals surface area (Å²) in [4.78, 5) is 11.4. The van der Waals surface area contributed by atoms with Gasteiger partial charge in [-0.1, -0.05) is 13.0 Å². The van der Waals surface area contributed by atoms with Crippen molar-refractivity contribution in [3.8, 4) is 17.2 Å². The Hall–Kier alpha value is -2.78. The van der Waals surface area contributed by atoms with Crippen molar-refractivity contribution in [3.63, 3.8) is 0 Å². The van der Waals surface area contributed by atoms with E-state index in [0.717, 1.165) is 5.56 Å². The van der Waals surface area contributed by atoms with E-state index < -0.39 is 10.0 Å². The van der Waals surface area contributed by atoms with Crippen molar-refractivity contribution in [2.24, 2.45) is 0 Å². The van der Waals surface area contributed by atoms with Crippen molar-refractivity contribution in [1.29, 1.82) is 0 Å². The summed E-state index contributed by atoms with van der Waals surface area (Å²) in [5.74, 6) is 1.28. The van der Waals surface area contributed by atoms with Gasteiger partial charge in [-0.3, -0.25) is 4.79 Å². The molecule has 0 bridgehead atoms. The molecule has 2 aromatic rings. The van der Waals surface area contributed by atoms with Gasteiger partial charge in [0.05, 0.1) is 17.7 Å². The number of hydrogen-bond acceptors (Lipinski definition) is 6. The molecule has 0 aliphatic carbocycles. The van der Waals surface area contributed by atoms with Crippen molar-refractivity contribution in [2.45, 2.75) is 25.3 Å². The summed E-state index contributed by atoms with van der Waals surface area (Å²) < 4.78 is 44.1. The van der Waals surface area contributed by atoms with E-state index in [-0.39, 0.29) is 29.6 Å². The maximum Gasteiger partial charge on any atom is 0.243 e. The van der Waals surface area contributed by atoms with E-state index in [1.165, 1.54) is 36.5 Å². The Morgan fingerprint density at radius 3 is 2.52 bits per heavy atom. The first-order valence-corrected chi connectivity index (χ1v) is 10.6. The third-order valence-electron chi connectivity index (χ3n) is 4.44. The van der Waals surface area contributed by atoms with Crippen LogP contribution in [0.15, 0.2) is 41.3 Å². The van der Waals surface area contributed by atoms with E-state index >= 15 is 0 Å². The lowest BCUT2D eigenvalue weighted by Gasteiger charge is -2.23. The van der Waals surface area contributed by atoms with Gasteiger partial charge in [0.25, 0.3) is 0 Å². The van der Waals surface area contributed by atoms with Gasteiger partial charge >= 0.3 is 0 Å². The number of ether oxygens (including phenoxy) is 3. The second-order valence-electron chi connectivity index (χ2n) is 6.45. The zero-order valence-electron chi connectivity index (χ0n) is 16.6. The topological polar surface area (TPSA) is 94.2 Å². The van der Waals surface area contributed by atoms with Gasteiger partial charge in [-0.25, -0.2) is 8.42 Å². The number of nitrogens with zero attached hydrogens (tertiary/aromatic N) is 1. The summed E-state index contributed by atoms with van der Waals surface area (Å²) in [7, 11) is -2.36. The van der Waals surface area contributed by atoms with Gasteiger partial charge in [0.15, 0.2) is 11.5 Å². The quantitative estimate of drug-likeness (QED) is 0.740. The fraction of sp³-hybridized carbons (Fsp3) is 0.350. The van der Waals surface area contributed by atoms with E-state index in [0.29, 0.717) is 30.4 Å². The highest BCUT2D eigenvalue weighted by Gasteiger charge is 2.25. The maximum absolute atomic E-state index is 13.2. The van der Waals surface area contributed by atoms with Crippen LogP contribution in [0.5, 0.6) is 17.2 Å². The van der Waals surface area contributed by atoms with Crippen LogP contribution in [0.1, 0.15) is 19.4 Å². The van der Waals surface area contributed by atoms with E-state index in [2.05, 4.69) is 5.32 Å². The Balaban J connectivity index is 1.87. The van der Waals surface area contributed by atoms with E-state index in [1.807, 2.05) is 6.07 Å². The van der Waals surface area contributed by atoms with Crippen LogP contribution in [0.25, 0.3) is 0 Å². The molecule has 1 N–H and O–H groups in total. The van der Waals surface area contributed by atoms with Gasteiger partial charge < -0.3 is 19.5 Å². The zero-order valence-corrected chi connectivity index (χ0v) is 17.4. The first-order valence-electron chi connectivity index (χ1n) is 9.19. The minimum atomic E-state index is -3.78. The second kappa shape index (κ2) is 8.71. The second-order valence-corrected chi connectivity index (χ2v) is 8.39. The molecule has 0 spiro atoms. The predicted molar refractivity (Wildman–Crippen MR) is 108 cm³/mol. The number of methoxy groups -OCH3 is 1. The molecule has 8 nitrogen and oxygen atoms in total. The third kappa shape index (κ3) is 4.63. The third-order valence-corrected chi connectivity index (χ3v) is 6.36. The molecule has 156 valence electrons. The van der Waals surface area contributed by atoms with Crippen molar-refractivity contribution in [3.05, 3.63) is 42.0 Å². The Morgan fingerprint density at radius 2 is 1.86 bits per heavy atom. The summed E-state index contributed by atoms with van der Waals surface area (Å²) >= 11 is 0. The van der Waals surface area contributed by atoms with Crippen LogP contribution in [0, 0.1) is 0 Å². The van der Waals surface area contributed by atoms with Gasteiger partial charge in [-0.15, -0.1) is 0 Å². The molecule has 0 saturated carbocycles. The SMILES string of the molecule is CCN(Cc1ccc2c(c1)OCCO2)S(=O)(=O)c1ccc(NC(C)=O)c(OC)c1. The largest absolute Gasteiger partial charge is 0.495 e. The Labute approximate surface area is 170 Å². The van der Waals surface area contributed by atoms with Crippen molar-refractivity contribution < 1.29 is 27.4 Å². The number of carbonyl (C=O) groups is 1. The highest BCUT2D eigenvalue weighted by molar-refractivity contribution is 7.89. The smallest absolute Gasteiger partial charge is 0.243 e. The van der Waals surface area contributed by atoms with Crippen LogP contribution >= 0.6 is 0 Å². The van der Waals surface area contributed by atoms with E-state index in [9.17, 15) is 13.2 Å². The first-order chi connectivity index (χ1) is 13.8. The first kappa shape index (κ1) is 20.9. The Kier molecular flexibility index (Phi) is 6.29. The predicted octanol–water partition coefficient (Wildman–Crippen LogP) is 2.64. The van der Waals surface area contributed by atoms with Crippen LogP contribution in [-0.4, -0.2) is 45.5 Å². The molecule has 0 fully saturated rings. The molecular formula is C20H24N2O6S. The van der Waals surface area contributed by atoms with E-state index in [4.69, 9.17) is 14.2 Å². The molecule has 0 saturated heterocycles. The lowest BCUT2D eigenvalue weighted by atomic mass is 10.2. The Morgan fingerprint density at radius 1 is 1.14 bits per heavy atom. The molecule has 1 aliphatic heterocycles. The molecule has 3 rings (SSSR count). The average molecular weight is 420 g/mol. The van der Waals surface area contributed by atoms with Gasteiger partial charge in [0, 0.05) is 26.1 Å². The van der Waals surface area contributed by atoms with Crippen molar-refractivity contribution >= 4 is 21.6 Å². The van der Waals surface area contributed by atoms with Crippen molar-refractivity contribution in [1.82, 2.24) is 4.31 Å². The number of amides is 1. The van der Waals surface area contributed by atoms with E-state index in [1.54, 1.807) is 19.1 Å².